The van der Waals surface area contributed by atoms with Gasteiger partial charge in [0.2, 0.25) is 0 Å². The topological polar surface area (TPSA) is 83.6 Å². The van der Waals surface area contributed by atoms with Crippen LogP contribution in [0.3, 0.4) is 0 Å². The standard InChI is InChI=1S/C32H42FN7O2/c1-19(2)28(22-12-24(13-22)38(4)5)40-16-32(17-40)10-11-39(15-32)30-31(36-35-18-34-30)41-26-9-8-23(33)14-25(26)27-20(3)37-42-29(27)21-6-7-21/h8-9,14,18-19,21-22,24,28H,6-7,10-13,15-17H2,1-5H3/t22?,24?,28-/m1/s1. The van der Waals surface area contributed by atoms with E-state index in [1.54, 1.807) is 6.07 Å². The minimum absolute atomic E-state index is 0.264. The lowest BCUT2D eigenvalue weighted by molar-refractivity contribution is -0.0762. The van der Waals surface area contributed by atoms with E-state index >= 15 is 0 Å². The second-order valence-electron chi connectivity index (χ2n) is 13.8. The molecule has 1 atom stereocenters. The molecule has 2 aromatic heterocycles. The summed E-state index contributed by atoms with van der Waals surface area (Å²) in [6, 6.07) is 5.93. The fourth-order valence-corrected chi connectivity index (χ4v) is 7.77. The first kappa shape index (κ1) is 27.7. The van der Waals surface area contributed by atoms with Gasteiger partial charge < -0.3 is 19.1 Å². The van der Waals surface area contributed by atoms with Crippen LogP contribution >= 0.6 is 0 Å². The van der Waals surface area contributed by atoms with E-state index in [1.165, 1.54) is 31.3 Å². The van der Waals surface area contributed by atoms with Crippen LogP contribution in [0.4, 0.5) is 10.2 Å². The molecule has 42 heavy (non-hydrogen) atoms. The maximum absolute atomic E-state index is 14.5. The minimum Gasteiger partial charge on any atom is -0.434 e. The van der Waals surface area contributed by atoms with Gasteiger partial charge in [0.15, 0.2) is 5.82 Å². The van der Waals surface area contributed by atoms with Crippen molar-refractivity contribution in [3.8, 4) is 22.8 Å². The Hall–Kier alpha value is -3.11. The maximum atomic E-state index is 14.5. The molecule has 0 N–H and O–H groups in total. The summed E-state index contributed by atoms with van der Waals surface area (Å²) in [6.45, 7) is 10.7. The quantitative estimate of drug-likeness (QED) is 0.327. The molecule has 1 spiro atoms. The molecule has 9 nitrogen and oxygen atoms in total. The van der Waals surface area contributed by atoms with E-state index in [0.29, 0.717) is 40.9 Å². The van der Waals surface area contributed by atoms with Crippen molar-refractivity contribution in [3.05, 3.63) is 41.8 Å². The summed E-state index contributed by atoms with van der Waals surface area (Å²) in [6.07, 6.45) is 7.31. The predicted octanol–water partition coefficient (Wildman–Crippen LogP) is 5.52. The summed E-state index contributed by atoms with van der Waals surface area (Å²) < 4.78 is 26.6. The van der Waals surface area contributed by atoms with Crippen LogP contribution in [0.2, 0.25) is 0 Å². The normalized spacial score (nSPS) is 24.3. The van der Waals surface area contributed by atoms with E-state index in [1.807, 2.05) is 6.92 Å². The van der Waals surface area contributed by atoms with Gasteiger partial charge in [-0.15, -0.1) is 10.2 Å². The van der Waals surface area contributed by atoms with Crippen LogP contribution in [-0.2, 0) is 0 Å². The number of aromatic nitrogens is 4. The zero-order valence-corrected chi connectivity index (χ0v) is 25.4. The molecule has 224 valence electrons. The lowest BCUT2D eigenvalue weighted by Gasteiger charge is -2.57. The van der Waals surface area contributed by atoms with Gasteiger partial charge in [-0.3, -0.25) is 4.90 Å². The van der Waals surface area contributed by atoms with Crippen LogP contribution < -0.4 is 9.64 Å². The van der Waals surface area contributed by atoms with E-state index in [0.717, 1.165) is 74.4 Å². The number of halogens is 1. The van der Waals surface area contributed by atoms with Crippen molar-refractivity contribution in [1.82, 2.24) is 30.1 Å². The number of anilines is 1. The van der Waals surface area contributed by atoms with E-state index in [4.69, 9.17) is 9.26 Å². The third kappa shape index (κ3) is 4.96. The molecular weight excluding hydrogens is 533 g/mol. The zero-order chi connectivity index (χ0) is 29.2. The number of benzene rings is 1. The van der Waals surface area contributed by atoms with Crippen molar-refractivity contribution in [2.45, 2.75) is 70.9 Å². The molecule has 0 unspecified atom stereocenters. The van der Waals surface area contributed by atoms with Crippen LogP contribution in [-0.4, -0.2) is 82.5 Å². The highest BCUT2D eigenvalue weighted by Gasteiger charge is 2.53. The molecule has 0 amide bonds. The van der Waals surface area contributed by atoms with Gasteiger partial charge in [0.1, 0.15) is 23.7 Å². The number of aryl methyl sites for hydroxylation is 1. The van der Waals surface area contributed by atoms with Crippen molar-refractivity contribution in [2.75, 3.05) is 45.2 Å². The van der Waals surface area contributed by atoms with E-state index in [-0.39, 0.29) is 11.2 Å². The highest BCUT2D eigenvalue weighted by Crippen LogP contribution is 2.50. The van der Waals surface area contributed by atoms with Crippen LogP contribution in [0, 0.1) is 30.0 Å². The molecule has 2 aliphatic heterocycles. The highest BCUT2D eigenvalue weighted by molar-refractivity contribution is 5.75. The molecule has 7 rings (SSSR count). The number of ether oxygens (including phenoxy) is 1. The van der Waals surface area contributed by atoms with Gasteiger partial charge in [-0.25, -0.2) is 9.37 Å². The monoisotopic (exact) mass is 575 g/mol. The van der Waals surface area contributed by atoms with Crippen molar-refractivity contribution in [2.24, 2.45) is 17.3 Å². The van der Waals surface area contributed by atoms with Crippen molar-refractivity contribution in [1.29, 1.82) is 0 Å². The molecule has 2 saturated carbocycles. The highest BCUT2D eigenvalue weighted by atomic mass is 19.1. The lowest BCUT2D eigenvalue weighted by Crippen LogP contribution is -2.65. The zero-order valence-electron chi connectivity index (χ0n) is 25.4. The second-order valence-corrected chi connectivity index (χ2v) is 13.8. The molecule has 2 saturated heterocycles. The van der Waals surface area contributed by atoms with Gasteiger partial charge in [-0.05, 0) is 83.2 Å². The van der Waals surface area contributed by atoms with Crippen molar-refractivity contribution >= 4 is 5.82 Å². The smallest absolute Gasteiger partial charge is 0.282 e. The van der Waals surface area contributed by atoms with Gasteiger partial charge in [0.05, 0.1) is 11.3 Å². The first-order valence-corrected chi connectivity index (χ1v) is 15.5. The molecule has 0 radical (unpaired) electrons. The van der Waals surface area contributed by atoms with Crippen LogP contribution in [0.15, 0.2) is 29.0 Å². The van der Waals surface area contributed by atoms with Crippen LogP contribution in [0.5, 0.6) is 11.6 Å². The number of rotatable bonds is 9. The molecule has 1 aromatic carbocycles. The Bertz CT molecular complexity index is 1440. The van der Waals surface area contributed by atoms with E-state index < -0.39 is 0 Å². The van der Waals surface area contributed by atoms with Crippen LogP contribution in [0.1, 0.15) is 63.3 Å². The predicted molar refractivity (Wildman–Crippen MR) is 158 cm³/mol. The Labute approximate surface area is 247 Å². The van der Waals surface area contributed by atoms with Crippen molar-refractivity contribution < 1.29 is 13.7 Å². The summed E-state index contributed by atoms with van der Waals surface area (Å²) in [4.78, 5) is 12.0. The second kappa shape index (κ2) is 10.6. The Kier molecular flexibility index (Phi) is 6.96. The number of likely N-dealkylation sites (tertiary alicyclic amines) is 1. The van der Waals surface area contributed by atoms with Gasteiger partial charge in [0, 0.05) is 55.2 Å². The first-order chi connectivity index (χ1) is 20.2. The van der Waals surface area contributed by atoms with E-state index in [2.05, 4.69) is 63.0 Å². The molecule has 3 aromatic rings. The number of hydrogen-bond donors (Lipinski definition) is 0. The van der Waals surface area contributed by atoms with Crippen LogP contribution in [0.25, 0.3) is 11.1 Å². The lowest BCUT2D eigenvalue weighted by atomic mass is 9.68. The first-order valence-electron chi connectivity index (χ1n) is 15.5. The van der Waals surface area contributed by atoms with Gasteiger partial charge in [0.25, 0.3) is 5.88 Å². The Morgan fingerprint density at radius 1 is 1.14 bits per heavy atom. The summed E-state index contributed by atoms with van der Waals surface area (Å²) in [5.41, 5.74) is 2.41. The SMILES string of the molecule is Cc1noc(C2CC2)c1-c1cc(F)ccc1Oc1nncnc1N1CCC2(C1)CN([C@H](C(C)C)C1CC(N(C)C)C1)C2. The summed E-state index contributed by atoms with van der Waals surface area (Å²) in [7, 11) is 4.41. The fraction of sp³-hybridized carbons (Fsp3) is 0.625. The summed E-state index contributed by atoms with van der Waals surface area (Å²) >= 11 is 0. The number of nitrogens with zero attached hydrogens (tertiary/aromatic N) is 7. The number of hydrogen-bond acceptors (Lipinski definition) is 9. The fourth-order valence-electron chi connectivity index (χ4n) is 7.77. The molecule has 0 bridgehead atoms. The molecule has 4 fully saturated rings. The van der Waals surface area contributed by atoms with Crippen molar-refractivity contribution in [3.63, 3.8) is 0 Å². The molecule has 2 aliphatic carbocycles. The Morgan fingerprint density at radius 2 is 1.93 bits per heavy atom. The Balaban J connectivity index is 1.08. The molecular formula is C32H42FN7O2. The molecule has 10 heteroatoms. The minimum atomic E-state index is -0.341. The largest absolute Gasteiger partial charge is 0.434 e. The molecule has 4 heterocycles. The van der Waals surface area contributed by atoms with Gasteiger partial charge >= 0.3 is 0 Å². The summed E-state index contributed by atoms with van der Waals surface area (Å²) in [5, 5.41) is 12.6. The van der Waals surface area contributed by atoms with Gasteiger partial charge in [-0.1, -0.05) is 19.0 Å². The average Bonchev–Trinajstić information content (AvgIpc) is 3.54. The third-order valence-corrected chi connectivity index (χ3v) is 10.1. The average molecular weight is 576 g/mol. The Morgan fingerprint density at radius 3 is 2.64 bits per heavy atom. The molecule has 4 aliphatic rings. The third-order valence-electron chi connectivity index (χ3n) is 10.1. The summed E-state index contributed by atoms with van der Waals surface area (Å²) in [5.74, 6) is 3.74. The maximum Gasteiger partial charge on any atom is 0.282 e. The van der Waals surface area contributed by atoms with E-state index in [9.17, 15) is 4.39 Å². The van der Waals surface area contributed by atoms with Gasteiger partial charge in [-0.2, -0.15) is 0 Å².